The standard InChI is InChI=1S/C68H132O17P2/c1-7-10-12-14-15-33-40-46-52-67(72)84-63(56-78-65(70)50-44-36-13-11-8-2)58-82-86(74,75)80-54-62(69)55-81-87(76,77)83-59-64(57-79-66(71)51-45-39-34-30-26-27-31-37-42-48-60(4)5)85-68(73)53-47-41-35-29-25-23-21-19-17-16-18-20-22-24-28-32-38-43-49-61(6)9-3/h60-64,69H,7-59H2,1-6H3,(H,74,75)(H,76,77)/t61?,62-,63+,64+/m0/s1. The fourth-order valence-electron chi connectivity index (χ4n) is 10.2. The van der Waals surface area contributed by atoms with Gasteiger partial charge in [0.15, 0.2) is 12.2 Å². The highest BCUT2D eigenvalue weighted by molar-refractivity contribution is 7.47. The van der Waals surface area contributed by atoms with Crippen LogP contribution in [0.15, 0.2) is 0 Å². The lowest BCUT2D eigenvalue weighted by atomic mass is 9.99. The molecular formula is C68H132O17P2. The minimum atomic E-state index is -4.95. The van der Waals surface area contributed by atoms with Gasteiger partial charge in [-0.05, 0) is 37.5 Å². The molecule has 0 aliphatic carbocycles. The van der Waals surface area contributed by atoms with Crippen LogP contribution < -0.4 is 0 Å². The van der Waals surface area contributed by atoms with Crippen molar-refractivity contribution in [1.82, 2.24) is 0 Å². The van der Waals surface area contributed by atoms with Crippen LogP contribution in [-0.2, 0) is 65.4 Å². The third-order valence-corrected chi connectivity index (χ3v) is 18.0. The minimum absolute atomic E-state index is 0.104. The molecule has 3 unspecified atom stereocenters. The number of phosphoric acid groups is 2. The molecule has 0 saturated heterocycles. The van der Waals surface area contributed by atoms with E-state index < -0.39 is 97.5 Å². The highest BCUT2D eigenvalue weighted by Crippen LogP contribution is 2.45. The molecule has 17 nitrogen and oxygen atoms in total. The summed E-state index contributed by atoms with van der Waals surface area (Å²) < 4.78 is 67.8. The van der Waals surface area contributed by atoms with E-state index in [-0.39, 0.29) is 25.7 Å². The molecule has 0 rings (SSSR count). The molecule has 3 N–H and O–H groups in total. The normalized spacial score (nSPS) is 14.5. The fraction of sp³-hybridized carbons (Fsp3) is 0.941. The van der Waals surface area contributed by atoms with Crippen molar-refractivity contribution in [2.24, 2.45) is 11.8 Å². The Labute approximate surface area is 530 Å². The number of carbonyl (C=O) groups is 4. The fourth-order valence-corrected chi connectivity index (χ4v) is 11.8. The van der Waals surface area contributed by atoms with Crippen molar-refractivity contribution >= 4 is 39.5 Å². The molecule has 6 atom stereocenters. The number of unbranched alkanes of at least 4 members (excludes halogenated alkanes) is 36. The van der Waals surface area contributed by atoms with Crippen molar-refractivity contribution in [2.45, 2.75) is 362 Å². The van der Waals surface area contributed by atoms with Crippen molar-refractivity contribution in [1.29, 1.82) is 0 Å². The summed E-state index contributed by atoms with van der Waals surface area (Å²) in [6.45, 7) is 9.46. The van der Waals surface area contributed by atoms with E-state index in [1.165, 1.54) is 148 Å². The molecule has 0 saturated carbocycles. The third kappa shape index (κ3) is 61.3. The molecule has 0 aromatic rings. The molecule has 516 valence electrons. The second-order valence-corrected chi connectivity index (χ2v) is 28.2. The zero-order valence-corrected chi connectivity index (χ0v) is 58.1. The van der Waals surface area contributed by atoms with Gasteiger partial charge in [-0.15, -0.1) is 0 Å². The maximum absolute atomic E-state index is 13.0. The number of hydrogen-bond acceptors (Lipinski definition) is 15. The molecule has 0 spiro atoms. The quantitative estimate of drug-likeness (QED) is 0.0222. The van der Waals surface area contributed by atoms with Crippen LogP contribution in [-0.4, -0.2) is 96.7 Å². The van der Waals surface area contributed by atoms with Crippen LogP contribution in [0.1, 0.15) is 343 Å². The van der Waals surface area contributed by atoms with Gasteiger partial charge in [-0.1, -0.05) is 292 Å². The molecule has 0 radical (unpaired) electrons. The lowest BCUT2D eigenvalue weighted by Gasteiger charge is -2.21. The van der Waals surface area contributed by atoms with Gasteiger partial charge in [-0.25, -0.2) is 9.13 Å². The van der Waals surface area contributed by atoms with Gasteiger partial charge in [0.25, 0.3) is 0 Å². The lowest BCUT2D eigenvalue weighted by molar-refractivity contribution is -0.161. The molecule has 0 aromatic heterocycles. The van der Waals surface area contributed by atoms with E-state index in [4.69, 9.17) is 37.0 Å². The highest BCUT2D eigenvalue weighted by atomic mass is 31.2. The predicted molar refractivity (Wildman–Crippen MR) is 349 cm³/mol. The maximum atomic E-state index is 13.0. The molecule has 0 heterocycles. The van der Waals surface area contributed by atoms with Gasteiger partial charge in [0, 0.05) is 25.7 Å². The van der Waals surface area contributed by atoms with Crippen molar-refractivity contribution in [3.63, 3.8) is 0 Å². The summed E-state index contributed by atoms with van der Waals surface area (Å²) in [5, 5.41) is 10.5. The summed E-state index contributed by atoms with van der Waals surface area (Å²) in [7, 11) is -9.88. The van der Waals surface area contributed by atoms with E-state index in [0.717, 1.165) is 115 Å². The second kappa shape index (κ2) is 60.3. The van der Waals surface area contributed by atoms with Gasteiger partial charge >= 0.3 is 39.5 Å². The van der Waals surface area contributed by atoms with Crippen LogP contribution in [0.25, 0.3) is 0 Å². The third-order valence-electron chi connectivity index (χ3n) is 16.1. The zero-order valence-electron chi connectivity index (χ0n) is 56.3. The average Bonchev–Trinajstić information content (AvgIpc) is 3.70. The van der Waals surface area contributed by atoms with Crippen LogP contribution in [0.3, 0.4) is 0 Å². The van der Waals surface area contributed by atoms with E-state index in [0.29, 0.717) is 25.7 Å². The van der Waals surface area contributed by atoms with Crippen molar-refractivity contribution in [3.05, 3.63) is 0 Å². The Hall–Kier alpha value is -1.94. The highest BCUT2D eigenvalue weighted by Gasteiger charge is 2.30. The molecular weight excluding hydrogens is 1150 g/mol. The number of aliphatic hydroxyl groups is 1. The van der Waals surface area contributed by atoms with Gasteiger partial charge in [0.2, 0.25) is 0 Å². The summed E-state index contributed by atoms with van der Waals surface area (Å²) in [5.41, 5.74) is 0. The van der Waals surface area contributed by atoms with E-state index in [1.807, 2.05) is 0 Å². The van der Waals surface area contributed by atoms with Gasteiger partial charge in [-0.2, -0.15) is 0 Å². The summed E-state index contributed by atoms with van der Waals surface area (Å²) in [4.78, 5) is 72.0. The average molecular weight is 1280 g/mol. The lowest BCUT2D eigenvalue weighted by Crippen LogP contribution is -2.30. The first-order valence-electron chi connectivity index (χ1n) is 35.5. The summed E-state index contributed by atoms with van der Waals surface area (Å²) in [5.74, 6) is -0.528. The number of ether oxygens (including phenoxy) is 4. The predicted octanol–water partition coefficient (Wildman–Crippen LogP) is 19.2. The Morgan fingerprint density at radius 2 is 0.586 bits per heavy atom. The molecule has 0 aromatic carbocycles. The van der Waals surface area contributed by atoms with Gasteiger partial charge in [-0.3, -0.25) is 37.3 Å². The monoisotopic (exact) mass is 1280 g/mol. The SMILES string of the molecule is CCCCCCCCCCC(=O)O[C@H](COC(=O)CCCCCCC)COP(=O)(O)OC[C@H](O)COP(=O)(O)OC[C@@H](COC(=O)CCCCCCCCCCCC(C)C)OC(=O)CCCCCCCCCCCCCCCCCCCCC(C)CC. The Morgan fingerprint density at radius 1 is 0.333 bits per heavy atom. The molecule has 0 aliphatic heterocycles. The number of carbonyl (C=O) groups excluding carboxylic acids is 4. The molecule has 0 amide bonds. The summed E-state index contributed by atoms with van der Waals surface area (Å²) >= 11 is 0. The van der Waals surface area contributed by atoms with Crippen LogP contribution in [0, 0.1) is 11.8 Å². The number of rotatable bonds is 67. The number of phosphoric ester groups is 2. The van der Waals surface area contributed by atoms with E-state index in [9.17, 15) is 43.2 Å². The van der Waals surface area contributed by atoms with Crippen molar-refractivity contribution < 1.29 is 80.2 Å². The first kappa shape index (κ1) is 85.1. The van der Waals surface area contributed by atoms with E-state index in [2.05, 4.69) is 41.5 Å². The first-order chi connectivity index (χ1) is 41.9. The maximum Gasteiger partial charge on any atom is 0.472 e. The Morgan fingerprint density at radius 3 is 0.874 bits per heavy atom. The van der Waals surface area contributed by atoms with Crippen LogP contribution >= 0.6 is 15.6 Å². The summed E-state index contributed by atoms with van der Waals surface area (Å²) in [6, 6.07) is 0. The Balaban J connectivity index is 5.07. The molecule has 19 heteroatoms. The molecule has 87 heavy (non-hydrogen) atoms. The van der Waals surface area contributed by atoms with Crippen LogP contribution in [0.4, 0.5) is 0 Å². The largest absolute Gasteiger partial charge is 0.472 e. The zero-order chi connectivity index (χ0) is 64.3. The molecule has 0 bridgehead atoms. The Kier molecular flexibility index (Phi) is 59.0. The van der Waals surface area contributed by atoms with Crippen molar-refractivity contribution in [3.8, 4) is 0 Å². The van der Waals surface area contributed by atoms with E-state index in [1.54, 1.807) is 0 Å². The first-order valence-corrected chi connectivity index (χ1v) is 38.5. The van der Waals surface area contributed by atoms with Crippen LogP contribution in [0.5, 0.6) is 0 Å². The van der Waals surface area contributed by atoms with Gasteiger partial charge < -0.3 is 33.8 Å². The number of hydrogen-bond donors (Lipinski definition) is 3. The minimum Gasteiger partial charge on any atom is -0.462 e. The molecule has 0 fully saturated rings. The van der Waals surface area contributed by atoms with Gasteiger partial charge in [0.1, 0.15) is 19.3 Å². The topological polar surface area (TPSA) is 237 Å². The number of aliphatic hydroxyl groups excluding tert-OH is 1. The number of esters is 4. The Bertz CT molecular complexity index is 1700. The summed E-state index contributed by atoms with van der Waals surface area (Å²) in [6.07, 6.45) is 45.0. The van der Waals surface area contributed by atoms with Gasteiger partial charge in [0.05, 0.1) is 26.4 Å². The second-order valence-electron chi connectivity index (χ2n) is 25.3. The van der Waals surface area contributed by atoms with E-state index >= 15 is 0 Å². The molecule has 0 aliphatic rings. The van der Waals surface area contributed by atoms with Crippen molar-refractivity contribution in [2.75, 3.05) is 39.6 Å². The smallest absolute Gasteiger partial charge is 0.462 e. The van der Waals surface area contributed by atoms with Crippen LogP contribution in [0.2, 0.25) is 0 Å².